The third-order valence-electron chi connectivity index (χ3n) is 3.79. The Morgan fingerprint density at radius 3 is 2.69 bits per heavy atom. The third kappa shape index (κ3) is 3.00. The van der Waals surface area contributed by atoms with Crippen molar-refractivity contribution in [1.29, 1.82) is 0 Å². The molecule has 0 aliphatic heterocycles. The number of rotatable bonds is 3. The lowest BCUT2D eigenvalue weighted by atomic mass is 10.2. The van der Waals surface area contributed by atoms with E-state index in [1.807, 2.05) is 6.07 Å². The Bertz CT molecular complexity index is 1090. The van der Waals surface area contributed by atoms with Gasteiger partial charge >= 0.3 is 0 Å². The molecular weight excluding hydrogens is 335 g/mol. The van der Waals surface area contributed by atoms with Gasteiger partial charge in [-0.15, -0.1) is 5.10 Å². The molecule has 0 unspecified atom stereocenters. The molecule has 4 aromatic rings. The van der Waals surface area contributed by atoms with E-state index in [-0.39, 0.29) is 11.7 Å². The normalized spacial score (nSPS) is 10.8. The van der Waals surface area contributed by atoms with Gasteiger partial charge in [0.05, 0.1) is 11.3 Å². The van der Waals surface area contributed by atoms with Gasteiger partial charge in [-0.25, -0.2) is 13.9 Å². The van der Waals surface area contributed by atoms with Crippen LogP contribution in [0.4, 0.5) is 10.1 Å². The van der Waals surface area contributed by atoms with Gasteiger partial charge in [0.25, 0.3) is 11.7 Å². The van der Waals surface area contributed by atoms with Crippen molar-refractivity contribution in [3.8, 4) is 11.4 Å². The quantitative estimate of drug-likeness (QED) is 0.615. The van der Waals surface area contributed by atoms with E-state index in [0.717, 1.165) is 5.56 Å². The van der Waals surface area contributed by atoms with Crippen LogP contribution < -0.4 is 5.32 Å². The van der Waals surface area contributed by atoms with Gasteiger partial charge in [0.2, 0.25) is 0 Å². The van der Waals surface area contributed by atoms with E-state index in [0.29, 0.717) is 28.5 Å². The lowest BCUT2D eigenvalue weighted by Gasteiger charge is -2.07. The topological polar surface area (TPSA) is 85.1 Å². The molecule has 3 heterocycles. The summed E-state index contributed by atoms with van der Waals surface area (Å²) in [6.45, 7) is 1.72. The number of anilines is 1. The highest BCUT2D eigenvalue weighted by molar-refractivity contribution is 6.04. The second kappa shape index (κ2) is 6.32. The molecule has 26 heavy (non-hydrogen) atoms. The Labute approximate surface area is 147 Å². The fourth-order valence-corrected chi connectivity index (χ4v) is 2.48. The van der Waals surface area contributed by atoms with E-state index in [9.17, 15) is 9.18 Å². The summed E-state index contributed by atoms with van der Waals surface area (Å²) < 4.78 is 14.4. The molecular formula is C18H13FN6O. The molecule has 0 saturated heterocycles. The zero-order valence-corrected chi connectivity index (χ0v) is 13.7. The number of fused-ring (bicyclic) bond motifs is 1. The molecule has 0 radical (unpaired) electrons. The summed E-state index contributed by atoms with van der Waals surface area (Å²) in [5.74, 6) is 0.135. The average Bonchev–Trinajstić information content (AvgIpc) is 3.06. The number of aryl methyl sites for hydroxylation is 1. The van der Waals surface area contributed by atoms with Crippen LogP contribution in [0, 0.1) is 12.7 Å². The molecule has 1 N–H and O–H groups in total. The molecule has 0 aliphatic rings. The predicted molar refractivity (Wildman–Crippen MR) is 93.1 cm³/mol. The maximum atomic E-state index is 13.0. The largest absolute Gasteiger partial charge is 0.322 e. The molecule has 1 aromatic carbocycles. The maximum absolute atomic E-state index is 13.0. The van der Waals surface area contributed by atoms with Crippen molar-refractivity contribution in [1.82, 2.24) is 24.6 Å². The standard InChI is InChI=1S/C18H13FN6O/c1-11-15(17(26)22-14-6-4-13(19)5-7-14)10-25-18(21-11)23-16(24-25)12-3-2-8-20-9-12/h2-10H,1H3,(H,22,26). The van der Waals surface area contributed by atoms with Crippen molar-refractivity contribution in [2.24, 2.45) is 0 Å². The van der Waals surface area contributed by atoms with E-state index in [4.69, 9.17) is 0 Å². The maximum Gasteiger partial charge on any atom is 0.259 e. The van der Waals surface area contributed by atoms with Gasteiger partial charge < -0.3 is 5.32 Å². The van der Waals surface area contributed by atoms with E-state index in [2.05, 4.69) is 25.4 Å². The number of halogens is 1. The summed E-state index contributed by atoms with van der Waals surface area (Å²) in [6, 6.07) is 9.18. The first kappa shape index (κ1) is 15.8. The van der Waals surface area contributed by atoms with Crippen LogP contribution in [0.2, 0.25) is 0 Å². The van der Waals surface area contributed by atoms with Gasteiger partial charge in [0.15, 0.2) is 5.82 Å². The van der Waals surface area contributed by atoms with Crippen LogP contribution in [0.15, 0.2) is 55.0 Å². The number of carbonyl (C=O) groups is 1. The third-order valence-corrected chi connectivity index (χ3v) is 3.79. The van der Waals surface area contributed by atoms with Gasteiger partial charge in [-0.3, -0.25) is 9.78 Å². The Morgan fingerprint density at radius 2 is 1.96 bits per heavy atom. The monoisotopic (exact) mass is 348 g/mol. The van der Waals surface area contributed by atoms with Crippen molar-refractivity contribution in [2.45, 2.75) is 6.92 Å². The summed E-state index contributed by atoms with van der Waals surface area (Å²) in [4.78, 5) is 25.3. The molecule has 7 nitrogen and oxygen atoms in total. The Hall–Kier alpha value is -3.68. The smallest absolute Gasteiger partial charge is 0.259 e. The lowest BCUT2D eigenvalue weighted by molar-refractivity contribution is 0.102. The second-order valence-corrected chi connectivity index (χ2v) is 5.62. The first-order chi connectivity index (χ1) is 12.6. The zero-order chi connectivity index (χ0) is 18.1. The van der Waals surface area contributed by atoms with Gasteiger partial charge in [0, 0.05) is 29.8 Å². The molecule has 0 atom stereocenters. The molecule has 1 amide bonds. The van der Waals surface area contributed by atoms with Crippen molar-refractivity contribution < 1.29 is 9.18 Å². The molecule has 8 heteroatoms. The van der Waals surface area contributed by atoms with Crippen LogP contribution in [0.1, 0.15) is 16.1 Å². The average molecular weight is 348 g/mol. The second-order valence-electron chi connectivity index (χ2n) is 5.62. The highest BCUT2D eigenvalue weighted by Crippen LogP contribution is 2.16. The Balaban J connectivity index is 1.68. The number of amides is 1. The number of nitrogens with zero attached hydrogens (tertiary/aromatic N) is 5. The van der Waals surface area contributed by atoms with Crippen molar-refractivity contribution in [3.05, 3.63) is 72.1 Å². The Morgan fingerprint density at radius 1 is 1.15 bits per heavy atom. The summed E-state index contributed by atoms with van der Waals surface area (Å²) in [7, 11) is 0. The van der Waals surface area contributed by atoms with Crippen LogP contribution in [-0.4, -0.2) is 30.5 Å². The number of benzene rings is 1. The van der Waals surface area contributed by atoms with Gasteiger partial charge in [-0.1, -0.05) is 0 Å². The SMILES string of the molecule is Cc1nc2nc(-c3cccnc3)nn2cc1C(=O)Nc1ccc(F)cc1. The number of pyridine rings is 1. The van der Waals surface area contributed by atoms with Crippen LogP contribution >= 0.6 is 0 Å². The number of nitrogens with one attached hydrogen (secondary N) is 1. The fraction of sp³-hybridized carbons (Fsp3) is 0.0556. The summed E-state index contributed by atoms with van der Waals surface area (Å²) in [5.41, 5.74) is 2.12. The molecule has 0 aliphatic carbocycles. The van der Waals surface area contributed by atoms with Crippen molar-refractivity contribution in [2.75, 3.05) is 5.32 Å². The molecule has 128 valence electrons. The van der Waals surface area contributed by atoms with Gasteiger partial charge in [0.1, 0.15) is 5.82 Å². The van der Waals surface area contributed by atoms with Crippen LogP contribution in [0.25, 0.3) is 17.2 Å². The number of hydrogen-bond acceptors (Lipinski definition) is 5. The first-order valence-corrected chi connectivity index (χ1v) is 7.81. The number of carbonyl (C=O) groups excluding carboxylic acids is 1. The minimum atomic E-state index is -0.368. The van der Waals surface area contributed by atoms with E-state index in [1.165, 1.54) is 28.8 Å². The summed E-state index contributed by atoms with van der Waals surface area (Å²) in [5, 5.41) is 7.07. The van der Waals surface area contributed by atoms with Crippen LogP contribution in [0.5, 0.6) is 0 Å². The predicted octanol–water partition coefficient (Wildman–Crippen LogP) is 2.89. The molecule has 0 fully saturated rings. The van der Waals surface area contributed by atoms with E-state index >= 15 is 0 Å². The Kier molecular flexibility index (Phi) is 3.85. The number of aromatic nitrogens is 5. The molecule has 0 saturated carbocycles. The van der Waals surface area contributed by atoms with Crippen LogP contribution in [0.3, 0.4) is 0 Å². The molecule has 0 bridgehead atoms. The van der Waals surface area contributed by atoms with Crippen molar-refractivity contribution in [3.63, 3.8) is 0 Å². The summed E-state index contributed by atoms with van der Waals surface area (Å²) in [6.07, 6.45) is 4.90. The molecule has 3 aromatic heterocycles. The minimum absolute atomic E-state index is 0.351. The highest BCUT2D eigenvalue weighted by atomic mass is 19.1. The highest BCUT2D eigenvalue weighted by Gasteiger charge is 2.15. The lowest BCUT2D eigenvalue weighted by Crippen LogP contribution is -2.15. The van der Waals surface area contributed by atoms with Gasteiger partial charge in [-0.2, -0.15) is 4.98 Å². The number of hydrogen-bond donors (Lipinski definition) is 1. The van der Waals surface area contributed by atoms with E-state index in [1.54, 1.807) is 31.6 Å². The van der Waals surface area contributed by atoms with Crippen molar-refractivity contribution >= 4 is 17.4 Å². The van der Waals surface area contributed by atoms with Gasteiger partial charge in [-0.05, 0) is 43.3 Å². The zero-order valence-electron chi connectivity index (χ0n) is 13.7. The molecule has 0 spiro atoms. The fourth-order valence-electron chi connectivity index (χ4n) is 2.48. The molecule has 4 rings (SSSR count). The minimum Gasteiger partial charge on any atom is -0.322 e. The van der Waals surface area contributed by atoms with Crippen LogP contribution in [-0.2, 0) is 0 Å². The van der Waals surface area contributed by atoms with E-state index < -0.39 is 0 Å². The summed E-state index contributed by atoms with van der Waals surface area (Å²) >= 11 is 0. The first-order valence-electron chi connectivity index (χ1n) is 7.81.